The molecule has 0 saturated carbocycles. The fraction of sp³-hybridized carbons (Fsp3) is 0.227. The Balaban J connectivity index is 1.37. The van der Waals surface area contributed by atoms with E-state index in [0.717, 1.165) is 11.1 Å². The summed E-state index contributed by atoms with van der Waals surface area (Å²) in [6.07, 6.45) is 0. The van der Waals surface area contributed by atoms with Gasteiger partial charge in [0.25, 0.3) is 5.91 Å². The molecule has 2 heterocycles. The van der Waals surface area contributed by atoms with Crippen molar-refractivity contribution in [1.82, 2.24) is 10.5 Å². The van der Waals surface area contributed by atoms with Gasteiger partial charge in [0.1, 0.15) is 17.0 Å². The fourth-order valence-corrected chi connectivity index (χ4v) is 3.16. The molecule has 8 nitrogen and oxygen atoms in total. The lowest BCUT2D eigenvalue weighted by molar-refractivity contribution is -0.124. The normalized spacial score (nSPS) is 13.0. The average molecular weight is 408 g/mol. The van der Waals surface area contributed by atoms with Gasteiger partial charge >= 0.3 is 5.97 Å². The number of ether oxygens (including phenoxy) is 3. The summed E-state index contributed by atoms with van der Waals surface area (Å²) in [7, 11) is 0. The number of benzene rings is 2. The van der Waals surface area contributed by atoms with E-state index in [4.69, 9.17) is 18.7 Å². The predicted octanol–water partition coefficient (Wildman–Crippen LogP) is 3.41. The van der Waals surface area contributed by atoms with E-state index in [1.165, 1.54) is 0 Å². The summed E-state index contributed by atoms with van der Waals surface area (Å²) in [4.78, 5) is 24.9. The monoisotopic (exact) mass is 408 g/mol. The SMILES string of the molecule is Cc1onc(-c2ccccc2)c1C(=O)OCC(=O)N[C@H](C)c1ccc2c(c1)OCO2. The van der Waals surface area contributed by atoms with Gasteiger partial charge in [0.2, 0.25) is 6.79 Å². The Morgan fingerprint density at radius 2 is 1.90 bits per heavy atom. The Morgan fingerprint density at radius 1 is 1.13 bits per heavy atom. The van der Waals surface area contributed by atoms with Gasteiger partial charge in [0.05, 0.1) is 6.04 Å². The van der Waals surface area contributed by atoms with Gasteiger partial charge in [-0.2, -0.15) is 0 Å². The standard InChI is InChI=1S/C22H20N2O6/c1-13(16-8-9-17-18(10-16)29-12-28-17)23-19(25)11-27-22(26)20-14(2)30-24-21(20)15-6-4-3-5-7-15/h3-10,13H,11-12H2,1-2H3,(H,23,25)/t13-/m1/s1. The second-order valence-electron chi connectivity index (χ2n) is 6.81. The van der Waals surface area contributed by atoms with E-state index in [0.29, 0.717) is 23.0 Å². The van der Waals surface area contributed by atoms with E-state index in [9.17, 15) is 9.59 Å². The highest BCUT2D eigenvalue weighted by molar-refractivity contribution is 5.98. The molecule has 8 heteroatoms. The van der Waals surface area contributed by atoms with Gasteiger partial charge in [-0.05, 0) is 31.5 Å². The molecule has 0 radical (unpaired) electrons. The Labute approximate surface area is 172 Å². The van der Waals surface area contributed by atoms with E-state index >= 15 is 0 Å². The summed E-state index contributed by atoms with van der Waals surface area (Å²) in [5, 5.41) is 6.75. The maximum absolute atomic E-state index is 12.6. The van der Waals surface area contributed by atoms with E-state index in [1.807, 2.05) is 49.4 Å². The summed E-state index contributed by atoms with van der Waals surface area (Å²) in [6.45, 7) is 3.21. The number of fused-ring (bicyclic) bond motifs is 1. The molecule has 1 aliphatic heterocycles. The molecule has 1 atom stereocenters. The molecule has 3 aromatic rings. The van der Waals surface area contributed by atoms with Crippen LogP contribution in [0, 0.1) is 6.92 Å². The molecule has 0 bridgehead atoms. The molecule has 30 heavy (non-hydrogen) atoms. The van der Waals surface area contributed by atoms with Crippen LogP contribution < -0.4 is 14.8 Å². The lowest BCUT2D eigenvalue weighted by Gasteiger charge is -2.15. The van der Waals surface area contributed by atoms with Gasteiger partial charge in [-0.25, -0.2) is 4.79 Å². The van der Waals surface area contributed by atoms with Crippen molar-refractivity contribution in [2.24, 2.45) is 0 Å². The van der Waals surface area contributed by atoms with Crippen LogP contribution in [-0.2, 0) is 9.53 Å². The third-order valence-corrected chi connectivity index (χ3v) is 4.72. The zero-order valence-corrected chi connectivity index (χ0v) is 16.5. The van der Waals surface area contributed by atoms with E-state index in [1.54, 1.807) is 13.0 Å². The topological polar surface area (TPSA) is 99.9 Å². The lowest BCUT2D eigenvalue weighted by atomic mass is 10.1. The first-order valence-corrected chi connectivity index (χ1v) is 9.40. The minimum Gasteiger partial charge on any atom is -0.454 e. The quantitative estimate of drug-likeness (QED) is 0.624. The highest BCUT2D eigenvalue weighted by Gasteiger charge is 2.24. The van der Waals surface area contributed by atoms with Crippen LogP contribution in [0.2, 0.25) is 0 Å². The van der Waals surface area contributed by atoms with Crippen molar-refractivity contribution in [1.29, 1.82) is 0 Å². The van der Waals surface area contributed by atoms with Gasteiger partial charge in [-0.3, -0.25) is 4.79 Å². The number of rotatable bonds is 6. The van der Waals surface area contributed by atoms with Crippen LogP contribution in [0.3, 0.4) is 0 Å². The third-order valence-electron chi connectivity index (χ3n) is 4.72. The van der Waals surface area contributed by atoms with Crippen LogP contribution in [0.5, 0.6) is 11.5 Å². The van der Waals surface area contributed by atoms with Crippen molar-refractivity contribution in [3.63, 3.8) is 0 Å². The van der Waals surface area contributed by atoms with E-state index < -0.39 is 18.5 Å². The summed E-state index contributed by atoms with van der Waals surface area (Å²) < 4.78 is 21.0. The maximum Gasteiger partial charge on any atom is 0.344 e. The van der Waals surface area contributed by atoms with Crippen LogP contribution in [0.4, 0.5) is 0 Å². The van der Waals surface area contributed by atoms with Crippen molar-refractivity contribution in [2.75, 3.05) is 13.4 Å². The molecule has 0 unspecified atom stereocenters. The molecule has 2 aromatic carbocycles. The highest BCUT2D eigenvalue weighted by Crippen LogP contribution is 2.34. The van der Waals surface area contributed by atoms with Crippen molar-refractivity contribution in [2.45, 2.75) is 19.9 Å². The molecule has 0 saturated heterocycles. The maximum atomic E-state index is 12.6. The minimum atomic E-state index is -0.668. The Bertz CT molecular complexity index is 1080. The zero-order valence-electron chi connectivity index (χ0n) is 16.5. The molecule has 0 spiro atoms. The van der Waals surface area contributed by atoms with Crippen LogP contribution in [0.25, 0.3) is 11.3 Å². The number of esters is 1. The van der Waals surface area contributed by atoms with Crippen LogP contribution in [0.1, 0.15) is 34.6 Å². The van der Waals surface area contributed by atoms with Crippen molar-refractivity contribution in [3.05, 3.63) is 65.4 Å². The summed E-state index contributed by atoms with van der Waals surface area (Å²) >= 11 is 0. The predicted molar refractivity (Wildman–Crippen MR) is 106 cm³/mol. The highest BCUT2D eigenvalue weighted by atomic mass is 16.7. The number of aryl methyl sites for hydroxylation is 1. The first-order valence-electron chi connectivity index (χ1n) is 9.40. The Kier molecular flexibility index (Phi) is 5.38. The number of hydrogen-bond donors (Lipinski definition) is 1. The zero-order chi connectivity index (χ0) is 21.1. The molecule has 1 amide bonds. The van der Waals surface area contributed by atoms with Crippen molar-refractivity contribution < 1.29 is 28.3 Å². The van der Waals surface area contributed by atoms with Gasteiger partial charge < -0.3 is 24.1 Å². The number of carbonyl (C=O) groups excluding carboxylic acids is 2. The summed E-state index contributed by atoms with van der Waals surface area (Å²) in [5.74, 6) is 0.538. The molecule has 1 N–H and O–H groups in total. The first kappa shape index (κ1) is 19.5. The lowest BCUT2D eigenvalue weighted by Crippen LogP contribution is -2.31. The summed E-state index contributed by atoms with van der Waals surface area (Å²) in [5.41, 5.74) is 2.16. The molecule has 0 fully saturated rings. The molecular weight excluding hydrogens is 388 g/mol. The summed E-state index contributed by atoms with van der Waals surface area (Å²) in [6, 6.07) is 14.3. The number of hydrogen-bond acceptors (Lipinski definition) is 7. The molecule has 1 aromatic heterocycles. The first-order chi connectivity index (χ1) is 14.5. The molecule has 154 valence electrons. The fourth-order valence-electron chi connectivity index (χ4n) is 3.16. The van der Waals surface area contributed by atoms with Crippen LogP contribution >= 0.6 is 0 Å². The second-order valence-corrected chi connectivity index (χ2v) is 6.81. The van der Waals surface area contributed by atoms with Gasteiger partial charge in [0, 0.05) is 5.56 Å². The third kappa shape index (κ3) is 3.98. The number of carbonyl (C=O) groups is 2. The number of nitrogens with zero attached hydrogens (tertiary/aromatic N) is 1. The van der Waals surface area contributed by atoms with Crippen LogP contribution in [0.15, 0.2) is 53.1 Å². The van der Waals surface area contributed by atoms with E-state index in [-0.39, 0.29) is 18.4 Å². The largest absolute Gasteiger partial charge is 0.454 e. The van der Waals surface area contributed by atoms with Gasteiger partial charge in [-0.1, -0.05) is 41.6 Å². The van der Waals surface area contributed by atoms with Gasteiger partial charge in [0.15, 0.2) is 18.1 Å². The smallest absolute Gasteiger partial charge is 0.344 e. The van der Waals surface area contributed by atoms with E-state index in [2.05, 4.69) is 10.5 Å². The minimum absolute atomic E-state index is 0.183. The number of amides is 1. The Morgan fingerprint density at radius 3 is 2.70 bits per heavy atom. The second kappa shape index (κ2) is 8.28. The molecule has 1 aliphatic rings. The Hall–Kier alpha value is -3.81. The van der Waals surface area contributed by atoms with Crippen molar-refractivity contribution >= 4 is 11.9 Å². The average Bonchev–Trinajstić information content (AvgIpc) is 3.38. The van der Waals surface area contributed by atoms with Crippen LogP contribution in [-0.4, -0.2) is 30.4 Å². The van der Waals surface area contributed by atoms with Crippen molar-refractivity contribution in [3.8, 4) is 22.8 Å². The van der Waals surface area contributed by atoms with Gasteiger partial charge in [-0.15, -0.1) is 0 Å². The molecule has 0 aliphatic carbocycles. The molecular formula is C22H20N2O6. The number of nitrogens with one attached hydrogen (secondary N) is 1. The molecule has 4 rings (SSSR count). The number of aromatic nitrogens is 1.